The molecule has 1 rings (SSSR count). The maximum absolute atomic E-state index is 11.8. The van der Waals surface area contributed by atoms with Gasteiger partial charge >= 0.3 is 0 Å². The van der Waals surface area contributed by atoms with E-state index in [9.17, 15) is 8.42 Å². The number of rotatable bonds is 6. The smallest absolute Gasteiger partial charge is 0.154 e. The zero-order valence-corrected chi connectivity index (χ0v) is 10.6. The lowest BCUT2D eigenvalue weighted by Crippen LogP contribution is -2.22. The summed E-state index contributed by atoms with van der Waals surface area (Å²) in [6.07, 6.45) is 3.37. The van der Waals surface area contributed by atoms with Crippen molar-refractivity contribution in [3.05, 3.63) is 18.0 Å². The van der Waals surface area contributed by atoms with Crippen molar-refractivity contribution in [2.45, 2.75) is 26.1 Å². The van der Waals surface area contributed by atoms with Crippen molar-refractivity contribution in [2.75, 3.05) is 12.3 Å². The zero-order valence-electron chi connectivity index (χ0n) is 9.76. The molecule has 2 N–H and O–H groups in total. The highest BCUT2D eigenvalue weighted by molar-refractivity contribution is 7.90. The molecule has 6 heteroatoms. The second-order valence-corrected chi connectivity index (χ2v) is 6.21. The van der Waals surface area contributed by atoms with Crippen LogP contribution in [0.1, 0.15) is 19.4 Å². The van der Waals surface area contributed by atoms with E-state index in [0.717, 1.165) is 12.1 Å². The molecule has 1 aromatic heterocycles. The predicted octanol–water partition coefficient (Wildman–Crippen LogP) is 0.413. The number of hydrogen-bond donors (Lipinski definition) is 1. The standard InChI is InChI=1S/C10H19N3O2S/c1-3-13-6-10(5-12-13)8-16(14,15)7-9(2)4-11/h5-6,9H,3-4,7-8,11H2,1-2H3. The van der Waals surface area contributed by atoms with Crippen molar-refractivity contribution < 1.29 is 8.42 Å². The third kappa shape index (κ3) is 3.94. The third-order valence-electron chi connectivity index (χ3n) is 2.34. The van der Waals surface area contributed by atoms with Crippen LogP contribution in [0, 0.1) is 5.92 Å². The average molecular weight is 245 g/mol. The van der Waals surface area contributed by atoms with Crippen LogP contribution in [0.3, 0.4) is 0 Å². The molecule has 0 aliphatic rings. The number of nitrogens with zero attached hydrogens (tertiary/aromatic N) is 2. The molecule has 0 aliphatic heterocycles. The van der Waals surface area contributed by atoms with Crippen LogP contribution in [0.25, 0.3) is 0 Å². The van der Waals surface area contributed by atoms with Crippen molar-refractivity contribution in [3.8, 4) is 0 Å². The number of hydrogen-bond acceptors (Lipinski definition) is 4. The fraction of sp³-hybridized carbons (Fsp3) is 0.700. The Morgan fingerprint density at radius 3 is 2.75 bits per heavy atom. The summed E-state index contributed by atoms with van der Waals surface area (Å²) in [4.78, 5) is 0. The second kappa shape index (κ2) is 5.45. The number of sulfone groups is 1. The number of nitrogens with two attached hydrogens (primary N) is 1. The summed E-state index contributed by atoms with van der Waals surface area (Å²) >= 11 is 0. The van der Waals surface area contributed by atoms with E-state index in [1.165, 1.54) is 0 Å². The van der Waals surface area contributed by atoms with Crippen LogP contribution >= 0.6 is 0 Å². The molecule has 1 unspecified atom stereocenters. The van der Waals surface area contributed by atoms with Gasteiger partial charge in [-0.3, -0.25) is 4.68 Å². The van der Waals surface area contributed by atoms with Crippen LogP contribution in [-0.2, 0) is 22.1 Å². The van der Waals surface area contributed by atoms with E-state index >= 15 is 0 Å². The maximum atomic E-state index is 11.8. The first kappa shape index (κ1) is 13.2. The summed E-state index contributed by atoms with van der Waals surface area (Å²) in [5.74, 6) is 0.198. The van der Waals surface area contributed by atoms with Gasteiger partial charge in [-0.1, -0.05) is 6.92 Å². The van der Waals surface area contributed by atoms with E-state index in [1.54, 1.807) is 17.1 Å². The summed E-state index contributed by atoms with van der Waals surface area (Å²) in [5.41, 5.74) is 6.16. The van der Waals surface area contributed by atoms with Crippen LogP contribution in [0.15, 0.2) is 12.4 Å². The van der Waals surface area contributed by atoms with Gasteiger partial charge in [-0.15, -0.1) is 0 Å². The monoisotopic (exact) mass is 245 g/mol. The van der Waals surface area contributed by atoms with Crippen LogP contribution in [0.4, 0.5) is 0 Å². The van der Waals surface area contributed by atoms with Crippen molar-refractivity contribution in [1.82, 2.24) is 9.78 Å². The van der Waals surface area contributed by atoms with E-state index in [1.807, 2.05) is 13.8 Å². The van der Waals surface area contributed by atoms with Crippen molar-refractivity contribution >= 4 is 9.84 Å². The Hall–Kier alpha value is -0.880. The summed E-state index contributed by atoms with van der Waals surface area (Å²) in [6.45, 7) is 4.95. The Morgan fingerprint density at radius 2 is 2.25 bits per heavy atom. The highest BCUT2D eigenvalue weighted by Gasteiger charge is 2.16. The zero-order chi connectivity index (χ0) is 12.2. The van der Waals surface area contributed by atoms with Gasteiger partial charge in [0.15, 0.2) is 9.84 Å². The Labute approximate surface area is 96.6 Å². The number of aryl methyl sites for hydroxylation is 1. The highest BCUT2D eigenvalue weighted by Crippen LogP contribution is 2.09. The molecule has 0 fully saturated rings. The summed E-state index contributed by atoms with van der Waals surface area (Å²) < 4.78 is 25.3. The van der Waals surface area contributed by atoms with Gasteiger partial charge < -0.3 is 5.73 Å². The molecule has 1 aromatic rings. The first-order valence-corrected chi connectivity index (χ1v) is 7.20. The Bertz CT molecular complexity index is 425. The minimum atomic E-state index is -3.07. The second-order valence-electron chi connectivity index (χ2n) is 4.10. The van der Waals surface area contributed by atoms with E-state index in [4.69, 9.17) is 5.73 Å². The molecule has 0 saturated carbocycles. The van der Waals surface area contributed by atoms with Crippen LogP contribution < -0.4 is 5.73 Å². The Balaban J connectivity index is 2.65. The minimum Gasteiger partial charge on any atom is -0.330 e. The molecule has 0 amide bonds. The minimum absolute atomic E-state index is 0.00576. The largest absolute Gasteiger partial charge is 0.330 e. The van der Waals surface area contributed by atoms with E-state index < -0.39 is 9.84 Å². The van der Waals surface area contributed by atoms with E-state index in [2.05, 4.69) is 5.10 Å². The lowest BCUT2D eigenvalue weighted by atomic mass is 10.2. The van der Waals surface area contributed by atoms with Gasteiger partial charge in [0.2, 0.25) is 0 Å². The van der Waals surface area contributed by atoms with Crippen LogP contribution in [0.2, 0.25) is 0 Å². The number of aromatic nitrogens is 2. The summed E-state index contributed by atoms with van der Waals surface area (Å²) in [6, 6.07) is 0. The molecular weight excluding hydrogens is 226 g/mol. The van der Waals surface area contributed by atoms with Crippen molar-refractivity contribution in [3.63, 3.8) is 0 Å². The molecule has 0 bridgehead atoms. The molecule has 0 radical (unpaired) electrons. The van der Waals surface area contributed by atoms with E-state index in [0.29, 0.717) is 6.54 Å². The van der Waals surface area contributed by atoms with Gasteiger partial charge in [-0.2, -0.15) is 5.10 Å². The molecule has 0 aromatic carbocycles. The van der Waals surface area contributed by atoms with Gasteiger partial charge in [0.25, 0.3) is 0 Å². The summed E-state index contributed by atoms with van der Waals surface area (Å²) in [7, 11) is -3.07. The summed E-state index contributed by atoms with van der Waals surface area (Å²) in [5, 5.41) is 4.05. The lowest BCUT2D eigenvalue weighted by Gasteiger charge is -2.08. The van der Waals surface area contributed by atoms with Crippen molar-refractivity contribution in [2.24, 2.45) is 11.7 Å². The first-order chi connectivity index (χ1) is 7.46. The fourth-order valence-corrected chi connectivity index (χ4v) is 3.25. The Morgan fingerprint density at radius 1 is 1.56 bits per heavy atom. The molecule has 5 nitrogen and oxygen atoms in total. The van der Waals surface area contributed by atoms with Crippen LogP contribution in [0.5, 0.6) is 0 Å². The quantitative estimate of drug-likeness (QED) is 0.787. The molecule has 0 aliphatic carbocycles. The SMILES string of the molecule is CCn1cc(CS(=O)(=O)CC(C)CN)cn1. The first-order valence-electron chi connectivity index (χ1n) is 5.38. The molecule has 1 heterocycles. The highest BCUT2D eigenvalue weighted by atomic mass is 32.2. The van der Waals surface area contributed by atoms with Gasteiger partial charge in [0.05, 0.1) is 17.7 Å². The van der Waals surface area contributed by atoms with Gasteiger partial charge in [-0.25, -0.2) is 8.42 Å². The molecular formula is C10H19N3O2S. The normalized spacial score (nSPS) is 13.9. The van der Waals surface area contributed by atoms with Crippen molar-refractivity contribution in [1.29, 1.82) is 0 Å². The van der Waals surface area contributed by atoms with Gasteiger partial charge in [0, 0.05) is 18.3 Å². The molecule has 16 heavy (non-hydrogen) atoms. The molecule has 1 atom stereocenters. The fourth-order valence-electron chi connectivity index (χ4n) is 1.47. The van der Waals surface area contributed by atoms with Gasteiger partial charge in [-0.05, 0) is 19.4 Å². The van der Waals surface area contributed by atoms with Gasteiger partial charge in [0.1, 0.15) is 0 Å². The maximum Gasteiger partial charge on any atom is 0.154 e. The van der Waals surface area contributed by atoms with E-state index in [-0.39, 0.29) is 17.4 Å². The van der Waals surface area contributed by atoms with Crippen LogP contribution in [-0.4, -0.2) is 30.5 Å². The predicted molar refractivity (Wildman–Crippen MR) is 63.6 cm³/mol. The molecule has 92 valence electrons. The molecule has 0 spiro atoms. The Kier molecular flexibility index (Phi) is 4.49. The lowest BCUT2D eigenvalue weighted by molar-refractivity contribution is 0.573. The average Bonchev–Trinajstić information content (AvgIpc) is 2.63. The third-order valence-corrected chi connectivity index (χ3v) is 4.19. The topological polar surface area (TPSA) is 78.0 Å². The molecule has 0 saturated heterocycles.